The molecule has 1 unspecified atom stereocenters. The first kappa shape index (κ1) is 42.5. The van der Waals surface area contributed by atoms with E-state index in [0.717, 1.165) is 18.5 Å². The largest absolute Gasteiger partial charge is 0.493 e. The van der Waals surface area contributed by atoms with Gasteiger partial charge < -0.3 is 39.5 Å². The van der Waals surface area contributed by atoms with E-state index in [1.54, 1.807) is 63.8 Å². The summed E-state index contributed by atoms with van der Waals surface area (Å²) in [4.78, 5) is 57.5. The molecule has 14 nitrogen and oxygen atoms in total. The monoisotopic (exact) mass is 790 g/mol. The maximum atomic E-state index is 12.2. The summed E-state index contributed by atoms with van der Waals surface area (Å²) >= 11 is 0. The molecule has 3 amide bonds. The number of carbonyl (C=O) groups excluding carboxylic acids is 4. The lowest BCUT2D eigenvalue weighted by Gasteiger charge is -2.22. The summed E-state index contributed by atoms with van der Waals surface area (Å²) in [6, 6.07) is 13.3. The maximum absolute atomic E-state index is 12.2. The highest BCUT2D eigenvalue weighted by molar-refractivity contribution is 8.77. The second kappa shape index (κ2) is 19.9. The number of para-hydroxylation sites is 1. The van der Waals surface area contributed by atoms with E-state index in [2.05, 4.69) is 56.8 Å². The van der Waals surface area contributed by atoms with E-state index < -0.39 is 0 Å². The van der Waals surface area contributed by atoms with Crippen LogP contribution in [0.4, 0.5) is 22.9 Å². The number of anilines is 3. The van der Waals surface area contributed by atoms with Gasteiger partial charge >= 0.3 is 0 Å². The van der Waals surface area contributed by atoms with Gasteiger partial charge in [-0.25, -0.2) is 4.98 Å². The van der Waals surface area contributed by atoms with Crippen LogP contribution in [0.5, 0.6) is 11.5 Å². The Hall–Kier alpha value is -5.22. The zero-order valence-electron chi connectivity index (χ0n) is 32.5. The molecule has 2 aromatic carbocycles. The SMILES string of the molecule is COc1cc(C=O)c(N=CC2Cc3ccccc3N2C)cc1OCCCC(=O)Nc1cn(C)c(C)n1.CSSC(C)(C)CNC(=O)c1cc(NC=O)cn1C. The lowest BCUT2D eigenvalue weighted by molar-refractivity contribution is -0.116. The van der Waals surface area contributed by atoms with Gasteiger partial charge in [0.2, 0.25) is 12.3 Å². The van der Waals surface area contributed by atoms with Gasteiger partial charge in [0.15, 0.2) is 23.6 Å². The Balaban J connectivity index is 0.000000299. The number of hydrogen-bond donors (Lipinski definition) is 3. The minimum atomic E-state index is -0.142. The van der Waals surface area contributed by atoms with E-state index >= 15 is 0 Å². The molecule has 0 saturated carbocycles. The number of nitrogens with zero attached hydrogens (tertiary/aromatic N) is 5. The number of aldehydes is 1. The van der Waals surface area contributed by atoms with Gasteiger partial charge in [-0.3, -0.25) is 24.2 Å². The van der Waals surface area contributed by atoms with Crippen LogP contribution >= 0.6 is 21.6 Å². The summed E-state index contributed by atoms with van der Waals surface area (Å²) in [5.41, 5.74) is 4.51. The number of aliphatic imine (C=N–C) groups is 1. The Morgan fingerprint density at radius 1 is 1.07 bits per heavy atom. The van der Waals surface area contributed by atoms with E-state index in [-0.39, 0.29) is 29.0 Å². The summed E-state index contributed by atoms with van der Waals surface area (Å²) in [6.07, 6.45) is 10.3. The van der Waals surface area contributed by atoms with Crippen LogP contribution in [0.1, 0.15) is 58.9 Å². The van der Waals surface area contributed by atoms with Crippen LogP contribution in [-0.2, 0) is 30.1 Å². The fourth-order valence-electron chi connectivity index (χ4n) is 5.75. The second-order valence-corrected chi connectivity index (χ2v) is 16.5. The molecule has 0 aliphatic carbocycles. The van der Waals surface area contributed by atoms with E-state index in [1.807, 2.05) is 50.2 Å². The van der Waals surface area contributed by atoms with E-state index in [0.29, 0.717) is 65.9 Å². The van der Waals surface area contributed by atoms with Crippen molar-refractivity contribution in [3.63, 3.8) is 0 Å². The van der Waals surface area contributed by atoms with Crippen molar-refractivity contribution in [1.82, 2.24) is 19.4 Å². The fraction of sp³-hybridized carbons (Fsp3) is 0.385. The molecule has 2 aromatic heterocycles. The molecule has 55 heavy (non-hydrogen) atoms. The average molecular weight is 791 g/mol. The Morgan fingerprint density at radius 3 is 2.49 bits per heavy atom. The van der Waals surface area contributed by atoms with Crippen LogP contribution in [0.15, 0.2) is 59.9 Å². The van der Waals surface area contributed by atoms with Gasteiger partial charge in [-0.05, 0) is 63.6 Å². The first-order valence-electron chi connectivity index (χ1n) is 17.6. The van der Waals surface area contributed by atoms with Gasteiger partial charge in [0.05, 0.1) is 31.1 Å². The zero-order valence-corrected chi connectivity index (χ0v) is 34.2. The summed E-state index contributed by atoms with van der Waals surface area (Å²) in [7, 11) is 10.6. The van der Waals surface area contributed by atoms with Gasteiger partial charge in [-0.2, -0.15) is 0 Å². The molecule has 0 bridgehead atoms. The number of carbonyl (C=O) groups is 4. The predicted molar refractivity (Wildman–Crippen MR) is 223 cm³/mol. The van der Waals surface area contributed by atoms with Crippen molar-refractivity contribution in [3.05, 3.63) is 77.5 Å². The number of amides is 3. The number of likely N-dealkylation sites (N-methyl/N-ethyl adjacent to an activating group) is 1. The van der Waals surface area contributed by atoms with Gasteiger partial charge in [-0.1, -0.05) is 39.8 Å². The molecule has 294 valence electrons. The normalized spacial score (nSPS) is 13.5. The van der Waals surface area contributed by atoms with Gasteiger partial charge in [0.1, 0.15) is 11.5 Å². The first-order valence-corrected chi connectivity index (χ1v) is 20.2. The Bertz CT molecular complexity index is 1970. The number of benzene rings is 2. The Morgan fingerprint density at radius 2 is 1.84 bits per heavy atom. The topological polar surface area (TPSA) is 161 Å². The van der Waals surface area contributed by atoms with Crippen molar-refractivity contribution < 1.29 is 28.7 Å². The third-order valence-electron chi connectivity index (χ3n) is 8.75. The molecular weight excluding hydrogens is 741 g/mol. The molecule has 1 aliphatic heterocycles. The van der Waals surface area contributed by atoms with Gasteiger partial charge in [0.25, 0.3) is 5.91 Å². The molecule has 0 fully saturated rings. The maximum Gasteiger partial charge on any atom is 0.268 e. The van der Waals surface area contributed by atoms with Crippen LogP contribution in [0, 0.1) is 6.92 Å². The lowest BCUT2D eigenvalue weighted by Crippen LogP contribution is -2.36. The third-order valence-corrected chi connectivity index (χ3v) is 11.4. The van der Waals surface area contributed by atoms with Crippen LogP contribution in [-0.4, -0.2) is 89.2 Å². The van der Waals surface area contributed by atoms with E-state index in [4.69, 9.17) is 9.47 Å². The number of methoxy groups -OCH3 is 1. The fourth-order valence-corrected chi connectivity index (χ4v) is 7.86. The first-order chi connectivity index (χ1) is 26.3. The molecule has 1 atom stereocenters. The highest BCUT2D eigenvalue weighted by atomic mass is 33.1. The zero-order chi connectivity index (χ0) is 40.1. The summed E-state index contributed by atoms with van der Waals surface area (Å²) in [5.74, 6) is 1.99. The predicted octanol–water partition coefficient (Wildman–Crippen LogP) is 6.22. The number of aromatic nitrogens is 3. The molecule has 3 N–H and O–H groups in total. The molecule has 1 aliphatic rings. The molecule has 5 rings (SSSR count). The minimum Gasteiger partial charge on any atom is -0.493 e. The van der Waals surface area contributed by atoms with Crippen LogP contribution in [0.2, 0.25) is 0 Å². The smallest absolute Gasteiger partial charge is 0.268 e. The van der Waals surface area contributed by atoms with E-state index in [9.17, 15) is 19.2 Å². The number of hydrogen-bond acceptors (Lipinski definition) is 11. The molecule has 0 spiro atoms. The minimum absolute atomic E-state index is 0.0237. The third kappa shape index (κ3) is 11.9. The summed E-state index contributed by atoms with van der Waals surface area (Å²) in [6.45, 7) is 6.92. The standard InChI is InChI=1S/C27H31N5O4.C12H19N3O2S2/c1-18-29-26(16-31(18)2)30-27(34)10-7-11-36-25-14-22(20(17-33)13-24(25)35-4)28-15-21-12-19-8-5-6-9-23(19)32(21)3;1-12(2,19-18-4)7-13-11(17)10-5-9(14-8-16)6-15(10)3/h5-6,8-9,13-17,21H,7,10-12H2,1-4H3,(H,30,34);5-6,8H,7H2,1-4H3,(H,13,17)(H,14,16). The van der Waals surface area contributed by atoms with Gasteiger partial charge in [0, 0.05) is 74.8 Å². The molecule has 0 saturated heterocycles. The summed E-state index contributed by atoms with van der Waals surface area (Å²) < 4.78 is 14.8. The van der Waals surface area contributed by atoms with Crippen LogP contribution < -0.4 is 30.3 Å². The Labute approximate surface area is 330 Å². The van der Waals surface area contributed by atoms with Crippen molar-refractivity contribution in [1.29, 1.82) is 0 Å². The molecule has 4 aromatic rings. The number of ether oxygens (including phenoxy) is 2. The van der Waals surface area contributed by atoms with E-state index in [1.165, 1.54) is 18.4 Å². The number of aryl methyl sites for hydroxylation is 3. The average Bonchev–Trinajstić information content (AvgIpc) is 3.80. The van der Waals surface area contributed by atoms with Crippen LogP contribution in [0.25, 0.3) is 0 Å². The Kier molecular flexibility index (Phi) is 15.4. The van der Waals surface area contributed by atoms with Crippen molar-refractivity contribution in [2.24, 2.45) is 19.1 Å². The van der Waals surface area contributed by atoms with Crippen molar-refractivity contribution in [2.45, 2.75) is 50.8 Å². The molecule has 0 radical (unpaired) electrons. The number of imidazole rings is 1. The van der Waals surface area contributed by atoms with Crippen molar-refractivity contribution >= 4 is 75.2 Å². The second-order valence-electron chi connectivity index (χ2n) is 13.4. The van der Waals surface area contributed by atoms with Crippen LogP contribution in [0.3, 0.4) is 0 Å². The van der Waals surface area contributed by atoms with Gasteiger partial charge in [-0.15, -0.1) is 0 Å². The number of rotatable bonds is 17. The summed E-state index contributed by atoms with van der Waals surface area (Å²) in [5, 5.41) is 8.23. The molecule has 16 heteroatoms. The lowest BCUT2D eigenvalue weighted by atomic mass is 10.1. The number of nitrogens with one attached hydrogen (secondary N) is 3. The highest BCUT2D eigenvalue weighted by Gasteiger charge is 2.25. The molecule has 3 heterocycles. The highest BCUT2D eigenvalue weighted by Crippen LogP contribution is 2.36. The quantitative estimate of drug-likeness (QED) is 0.0485. The van der Waals surface area contributed by atoms with Crippen molar-refractivity contribution in [2.75, 3.05) is 49.1 Å². The number of fused-ring (bicyclic) bond motifs is 1. The molecular formula is C39H50N8O6S2. The van der Waals surface area contributed by atoms with Crippen molar-refractivity contribution in [3.8, 4) is 11.5 Å².